The minimum Gasteiger partial charge on any atom is -0.420 e. The Morgan fingerprint density at radius 2 is 1.91 bits per heavy atom. The number of nitrogens with zero attached hydrogens (tertiary/aromatic N) is 2. The van der Waals surface area contributed by atoms with Crippen molar-refractivity contribution in [3.05, 3.63) is 71.9 Å². The summed E-state index contributed by atoms with van der Waals surface area (Å²) in [6.45, 7) is 0. The van der Waals surface area contributed by atoms with Crippen LogP contribution in [0, 0.1) is 0 Å². The average molecular weight is 291 g/mol. The van der Waals surface area contributed by atoms with E-state index < -0.39 is 5.97 Å². The van der Waals surface area contributed by atoms with Crippen molar-refractivity contribution in [1.82, 2.24) is 4.98 Å². The number of carbonyl (C=O) groups is 1. The Morgan fingerprint density at radius 3 is 2.68 bits per heavy atom. The average Bonchev–Trinajstić information content (AvgIpc) is 2.58. The molecule has 0 aliphatic heterocycles. The number of hydrazone groups is 1. The number of esters is 1. The summed E-state index contributed by atoms with van der Waals surface area (Å²) < 4.78 is 5.55. The third-order valence-electron chi connectivity index (χ3n) is 3.18. The lowest BCUT2D eigenvalue weighted by molar-refractivity contribution is 0.0736. The van der Waals surface area contributed by atoms with Gasteiger partial charge in [-0.05, 0) is 24.3 Å². The number of pyridine rings is 1. The molecule has 2 aromatic carbocycles. The number of carbonyl (C=O) groups excluding carboxylic acids is 1. The Balaban J connectivity index is 2.08. The number of nitrogens with two attached hydrogens (primary N) is 1. The van der Waals surface area contributed by atoms with Crippen LogP contribution in [0.5, 0.6) is 5.75 Å². The number of aromatic nitrogens is 1. The number of ether oxygens (including phenoxy) is 1. The minimum absolute atomic E-state index is 0.348. The van der Waals surface area contributed by atoms with Gasteiger partial charge < -0.3 is 10.6 Å². The lowest BCUT2D eigenvalue weighted by Crippen LogP contribution is -2.10. The number of rotatable bonds is 3. The van der Waals surface area contributed by atoms with Gasteiger partial charge in [-0.25, -0.2) is 4.79 Å². The first kappa shape index (κ1) is 13.8. The smallest absolute Gasteiger partial charge is 0.343 e. The van der Waals surface area contributed by atoms with Crippen molar-refractivity contribution < 1.29 is 9.53 Å². The Morgan fingerprint density at radius 1 is 1.09 bits per heavy atom. The van der Waals surface area contributed by atoms with Gasteiger partial charge >= 0.3 is 5.97 Å². The van der Waals surface area contributed by atoms with Gasteiger partial charge in [-0.3, -0.25) is 4.98 Å². The molecule has 0 radical (unpaired) electrons. The first-order valence-corrected chi connectivity index (χ1v) is 6.68. The van der Waals surface area contributed by atoms with Gasteiger partial charge in [-0.15, -0.1) is 0 Å². The van der Waals surface area contributed by atoms with Gasteiger partial charge in [0.2, 0.25) is 0 Å². The molecule has 3 rings (SSSR count). The summed E-state index contributed by atoms with van der Waals surface area (Å²) in [7, 11) is 0. The number of benzene rings is 2. The maximum Gasteiger partial charge on any atom is 0.343 e. The second-order valence-corrected chi connectivity index (χ2v) is 4.59. The van der Waals surface area contributed by atoms with Crippen LogP contribution in [0.15, 0.2) is 65.9 Å². The highest BCUT2D eigenvalue weighted by Gasteiger charge is 2.14. The summed E-state index contributed by atoms with van der Waals surface area (Å²) in [5.74, 6) is 5.12. The summed E-state index contributed by atoms with van der Waals surface area (Å²) in [5.41, 5.74) is 1.65. The molecule has 0 amide bonds. The molecular formula is C17H13N3O2. The molecule has 0 aliphatic rings. The van der Waals surface area contributed by atoms with Gasteiger partial charge in [-0.2, -0.15) is 5.10 Å². The first-order valence-electron chi connectivity index (χ1n) is 6.68. The van der Waals surface area contributed by atoms with Gasteiger partial charge in [0.25, 0.3) is 0 Å². The first-order chi connectivity index (χ1) is 10.8. The fourth-order valence-corrected chi connectivity index (χ4v) is 2.15. The second-order valence-electron chi connectivity index (χ2n) is 4.59. The van der Waals surface area contributed by atoms with E-state index in [0.717, 1.165) is 5.39 Å². The Kier molecular flexibility index (Phi) is 3.78. The predicted molar refractivity (Wildman–Crippen MR) is 84.9 cm³/mol. The molecule has 0 aliphatic carbocycles. The van der Waals surface area contributed by atoms with Crippen molar-refractivity contribution in [2.75, 3.05) is 0 Å². The van der Waals surface area contributed by atoms with E-state index in [0.29, 0.717) is 22.4 Å². The molecule has 3 aromatic rings. The van der Waals surface area contributed by atoms with Crippen LogP contribution in [-0.2, 0) is 0 Å². The van der Waals surface area contributed by atoms with E-state index in [1.165, 1.54) is 6.21 Å². The van der Waals surface area contributed by atoms with Crippen LogP contribution in [-0.4, -0.2) is 17.2 Å². The predicted octanol–water partition coefficient (Wildman–Crippen LogP) is 2.75. The van der Waals surface area contributed by atoms with Gasteiger partial charge in [0, 0.05) is 17.1 Å². The maximum atomic E-state index is 12.3. The van der Waals surface area contributed by atoms with E-state index in [-0.39, 0.29) is 0 Å². The molecule has 0 fully saturated rings. The van der Waals surface area contributed by atoms with Crippen LogP contribution in [0.1, 0.15) is 15.9 Å². The van der Waals surface area contributed by atoms with Crippen molar-refractivity contribution in [3.8, 4) is 5.75 Å². The van der Waals surface area contributed by atoms with Gasteiger partial charge in [-0.1, -0.05) is 30.3 Å². The van der Waals surface area contributed by atoms with Crippen LogP contribution in [0.2, 0.25) is 0 Å². The van der Waals surface area contributed by atoms with Crippen LogP contribution >= 0.6 is 0 Å². The molecule has 0 saturated carbocycles. The molecule has 0 spiro atoms. The van der Waals surface area contributed by atoms with E-state index in [2.05, 4.69) is 10.1 Å². The molecule has 1 heterocycles. The summed E-state index contributed by atoms with van der Waals surface area (Å²) in [6, 6.07) is 16.2. The molecule has 108 valence electrons. The summed E-state index contributed by atoms with van der Waals surface area (Å²) in [6.07, 6.45) is 3.08. The van der Waals surface area contributed by atoms with Gasteiger partial charge in [0.15, 0.2) is 5.75 Å². The summed E-state index contributed by atoms with van der Waals surface area (Å²) in [4.78, 5) is 16.6. The van der Waals surface area contributed by atoms with E-state index in [9.17, 15) is 4.79 Å². The highest BCUT2D eigenvalue weighted by atomic mass is 16.5. The molecule has 0 unspecified atom stereocenters. The van der Waals surface area contributed by atoms with Crippen molar-refractivity contribution in [3.63, 3.8) is 0 Å². The van der Waals surface area contributed by atoms with E-state index in [1.54, 1.807) is 36.5 Å². The van der Waals surface area contributed by atoms with E-state index >= 15 is 0 Å². The van der Waals surface area contributed by atoms with E-state index in [1.807, 2.05) is 24.3 Å². The normalized spacial score (nSPS) is 10.9. The molecule has 0 atom stereocenters. The topological polar surface area (TPSA) is 77.6 Å². The van der Waals surface area contributed by atoms with Crippen molar-refractivity contribution in [2.45, 2.75) is 0 Å². The van der Waals surface area contributed by atoms with Crippen molar-refractivity contribution in [1.29, 1.82) is 0 Å². The highest BCUT2D eigenvalue weighted by molar-refractivity contribution is 5.99. The third-order valence-corrected chi connectivity index (χ3v) is 3.18. The van der Waals surface area contributed by atoms with E-state index in [4.69, 9.17) is 10.6 Å². The minimum atomic E-state index is -0.453. The van der Waals surface area contributed by atoms with Crippen LogP contribution in [0.3, 0.4) is 0 Å². The maximum absolute atomic E-state index is 12.3. The third kappa shape index (κ3) is 2.64. The molecule has 2 N–H and O–H groups in total. The lowest BCUT2D eigenvalue weighted by atomic mass is 10.1. The van der Waals surface area contributed by atoms with Crippen molar-refractivity contribution >= 4 is 23.1 Å². The molecular weight excluding hydrogens is 278 g/mol. The fraction of sp³-hybridized carbons (Fsp3) is 0. The summed E-state index contributed by atoms with van der Waals surface area (Å²) >= 11 is 0. The fourth-order valence-electron chi connectivity index (χ4n) is 2.15. The quantitative estimate of drug-likeness (QED) is 0.264. The second kappa shape index (κ2) is 6.05. The molecule has 5 nitrogen and oxygen atoms in total. The van der Waals surface area contributed by atoms with Crippen molar-refractivity contribution in [2.24, 2.45) is 10.9 Å². The van der Waals surface area contributed by atoms with Crippen LogP contribution in [0.25, 0.3) is 10.9 Å². The number of hydrogen-bond acceptors (Lipinski definition) is 5. The molecule has 22 heavy (non-hydrogen) atoms. The molecule has 1 aromatic heterocycles. The standard InChI is InChI=1S/C17H13N3O2/c18-20-11-14-9-8-12-7-4-10-19-15(12)16(14)22-17(21)13-5-2-1-3-6-13/h1-11H,18H2. The number of hydrogen-bond donors (Lipinski definition) is 1. The highest BCUT2D eigenvalue weighted by Crippen LogP contribution is 2.28. The monoisotopic (exact) mass is 291 g/mol. The summed E-state index contributed by atoms with van der Waals surface area (Å²) in [5, 5.41) is 4.38. The largest absolute Gasteiger partial charge is 0.420 e. The zero-order chi connectivity index (χ0) is 15.4. The molecule has 5 heteroatoms. The van der Waals surface area contributed by atoms with Gasteiger partial charge in [0.1, 0.15) is 5.52 Å². The van der Waals surface area contributed by atoms with Gasteiger partial charge in [0.05, 0.1) is 11.8 Å². The molecule has 0 bridgehead atoms. The Labute approximate surface area is 127 Å². The van der Waals surface area contributed by atoms with Crippen LogP contribution < -0.4 is 10.6 Å². The zero-order valence-corrected chi connectivity index (χ0v) is 11.6. The number of fused-ring (bicyclic) bond motifs is 1. The molecule has 0 saturated heterocycles. The zero-order valence-electron chi connectivity index (χ0n) is 11.6. The van der Waals surface area contributed by atoms with Crippen LogP contribution in [0.4, 0.5) is 0 Å². The Bertz CT molecular complexity index is 845. The lowest BCUT2D eigenvalue weighted by Gasteiger charge is -2.10. The Hall–Kier alpha value is -3.21. The SMILES string of the molecule is NN=Cc1ccc2cccnc2c1OC(=O)c1ccccc1.